The third kappa shape index (κ3) is 13.9. The van der Waals surface area contributed by atoms with Crippen LogP contribution in [0.2, 0.25) is 0 Å². The number of hydrogen-bond acceptors (Lipinski definition) is 2. The predicted molar refractivity (Wildman–Crippen MR) is 95.9 cm³/mol. The molecule has 0 aliphatic heterocycles. The zero-order valence-corrected chi connectivity index (χ0v) is 15.0. The highest BCUT2D eigenvalue weighted by Gasteiger charge is 2.10. The Bertz CT molecular complexity index is 307. The Balaban J connectivity index is 3.51. The van der Waals surface area contributed by atoms with E-state index in [0.717, 1.165) is 32.1 Å². The number of hydrogen-bond donors (Lipinski definition) is 0. The maximum atomic E-state index is 11.7. The Morgan fingerprint density at radius 1 is 1.09 bits per heavy atom. The second-order valence-corrected chi connectivity index (χ2v) is 6.51. The Hall–Kier alpha value is -1.05. The molecule has 0 aromatic rings. The molecule has 0 N–H and O–H groups in total. The van der Waals surface area contributed by atoms with Crippen molar-refractivity contribution in [3.8, 4) is 0 Å². The minimum atomic E-state index is -0.0277. The SMILES string of the molecule is C=CCC(C)CCCC(C)CC(=O)OCCCCCC=CC. The first-order valence-electron chi connectivity index (χ1n) is 8.97. The van der Waals surface area contributed by atoms with Gasteiger partial charge in [0.15, 0.2) is 0 Å². The van der Waals surface area contributed by atoms with Crippen molar-refractivity contribution in [2.24, 2.45) is 11.8 Å². The molecule has 0 aromatic carbocycles. The Labute approximate surface area is 138 Å². The van der Waals surface area contributed by atoms with E-state index in [1.54, 1.807) is 0 Å². The summed E-state index contributed by atoms with van der Waals surface area (Å²) < 4.78 is 5.31. The summed E-state index contributed by atoms with van der Waals surface area (Å²) >= 11 is 0. The zero-order valence-electron chi connectivity index (χ0n) is 15.0. The summed E-state index contributed by atoms with van der Waals surface area (Å²) in [5.74, 6) is 1.11. The maximum Gasteiger partial charge on any atom is 0.306 e. The molecule has 2 heteroatoms. The fourth-order valence-electron chi connectivity index (χ4n) is 2.56. The predicted octanol–water partition coefficient (Wildman–Crippen LogP) is 6.07. The average Bonchev–Trinajstić information content (AvgIpc) is 2.46. The van der Waals surface area contributed by atoms with E-state index in [2.05, 4.69) is 32.6 Å². The second kappa shape index (κ2) is 14.9. The van der Waals surface area contributed by atoms with Crippen LogP contribution in [0.3, 0.4) is 0 Å². The van der Waals surface area contributed by atoms with Crippen LogP contribution in [0, 0.1) is 11.8 Å². The number of rotatable bonds is 14. The van der Waals surface area contributed by atoms with Gasteiger partial charge in [-0.15, -0.1) is 6.58 Å². The summed E-state index contributed by atoms with van der Waals surface area (Å²) in [5.41, 5.74) is 0. The molecule has 0 bridgehead atoms. The van der Waals surface area contributed by atoms with Gasteiger partial charge in [0, 0.05) is 6.42 Å². The molecule has 0 rings (SSSR count). The van der Waals surface area contributed by atoms with E-state index < -0.39 is 0 Å². The lowest BCUT2D eigenvalue weighted by Crippen LogP contribution is -2.10. The van der Waals surface area contributed by atoms with E-state index in [1.807, 2.05) is 13.0 Å². The molecule has 0 heterocycles. The summed E-state index contributed by atoms with van der Waals surface area (Å²) in [7, 11) is 0. The topological polar surface area (TPSA) is 26.3 Å². The van der Waals surface area contributed by atoms with E-state index in [9.17, 15) is 4.79 Å². The first-order chi connectivity index (χ1) is 10.6. The van der Waals surface area contributed by atoms with E-state index in [1.165, 1.54) is 19.3 Å². The van der Waals surface area contributed by atoms with Gasteiger partial charge in [-0.3, -0.25) is 4.79 Å². The minimum absolute atomic E-state index is 0.0277. The number of esters is 1. The lowest BCUT2D eigenvalue weighted by Gasteiger charge is -2.13. The van der Waals surface area contributed by atoms with Crippen LogP contribution in [0.1, 0.15) is 78.6 Å². The van der Waals surface area contributed by atoms with Crippen molar-refractivity contribution >= 4 is 5.97 Å². The number of ether oxygens (including phenoxy) is 1. The van der Waals surface area contributed by atoms with Gasteiger partial charge in [-0.25, -0.2) is 0 Å². The van der Waals surface area contributed by atoms with Gasteiger partial charge < -0.3 is 4.74 Å². The van der Waals surface area contributed by atoms with Crippen LogP contribution in [0.25, 0.3) is 0 Å². The van der Waals surface area contributed by atoms with Crippen LogP contribution in [-0.4, -0.2) is 12.6 Å². The molecule has 0 aliphatic carbocycles. The quantitative estimate of drug-likeness (QED) is 0.221. The molecular formula is C20H36O2. The molecule has 0 amide bonds. The maximum absolute atomic E-state index is 11.7. The van der Waals surface area contributed by atoms with Crippen molar-refractivity contribution in [1.29, 1.82) is 0 Å². The largest absolute Gasteiger partial charge is 0.466 e. The summed E-state index contributed by atoms with van der Waals surface area (Å²) in [6.07, 6.45) is 15.9. The summed E-state index contributed by atoms with van der Waals surface area (Å²) in [4.78, 5) is 11.7. The summed E-state index contributed by atoms with van der Waals surface area (Å²) in [5, 5.41) is 0. The lowest BCUT2D eigenvalue weighted by atomic mass is 9.95. The number of allylic oxidation sites excluding steroid dienone is 3. The Kier molecular flexibility index (Phi) is 14.2. The molecule has 0 fully saturated rings. The van der Waals surface area contributed by atoms with E-state index in [-0.39, 0.29) is 5.97 Å². The normalized spacial score (nSPS) is 14.0. The molecule has 2 unspecified atom stereocenters. The van der Waals surface area contributed by atoms with Gasteiger partial charge >= 0.3 is 5.97 Å². The molecule has 2 atom stereocenters. The van der Waals surface area contributed by atoms with E-state index in [4.69, 9.17) is 4.74 Å². The highest BCUT2D eigenvalue weighted by molar-refractivity contribution is 5.69. The molecule has 2 nitrogen and oxygen atoms in total. The number of carbonyl (C=O) groups is 1. The molecule has 0 aromatic heterocycles. The van der Waals surface area contributed by atoms with E-state index >= 15 is 0 Å². The number of carbonyl (C=O) groups excluding carboxylic acids is 1. The monoisotopic (exact) mass is 308 g/mol. The van der Waals surface area contributed by atoms with Crippen molar-refractivity contribution in [3.05, 3.63) is 24.8 Å². The standard InChI is InChI=1S/C20H36O2/c1-5-7-8-9-10-11-16-22-20(21)17-19(4)15-12-14-18(3)13-6-2/h5-7,18-19H,2,8-17H2,1,3-4H3. The minimum Gasteiger partial charge on any atom is -0.466 e. The molecular weight excluding hydrogens is 272 g/mol. The van der Waals surface area contributed by atoms with Gasteiger partial charge in [0.25, 0.3) is 0 Å². The van der Waals surface area contributed by atoms with Crippen LogP contribution in [0.4, 0.5) is 0 Å². The van der Waals surface area contributed by atoms with Gasteiger partial charge in [0.2, 0.25) is 0 Å². The van der Waals surface area contributed by atoms with Crippen molar-refractivity contribution < 1.29 is 9.53 Å². The van der Waals surface area contributed by atoms with Gasteiger partial charge in [0.1, 0.15) is 0 Å². The zero-order chi connectivity index (χ0) is 16.6. The third-order valence-electron chi connectivity index (χ3n) is 3.99. The molecule has 0 saturated heterocycles. The molecule has 0 aliphatic rings. The van der Waals surface area contributed by atoms with Gasteiger partial charge in [0.05, 0.1) is 6.61 Å². The van der Waals surface area contributed by atoms with Crippen molar-refractivity contribution in [1.82, 2.24) is 0 Å². The van der Waals surface area contributed by atoms with Crippen LogP contribution >= 0.6 is 0 Å². The van der Waals surface area contributed by atoms with Crippen LogP contribution < -0.4 is 0 Å². The Morgan fingerprint density at radius 3 is 2.50 bits per heavy atom. The van der Waals surface area contributed by atoms with Crippen LogP contribution in [-0.2, 0) is 9.53 Å². The average molecular weight is 309 g/mol. The second-order valence-electron chi connectivity index (χ2n) is 6.51. The fourth-order valence-corrected chi connectivity index (χ4v) is 2.56. The molecule has 0 saturated carbocycles. The van der Waals surface area contributed by atoms with Gasteiger partial charge in [-0.05, 0) is 50.9 Å². The van der Waals surface area contributed by atoms with Crippen molar-refractivity contribution in [2.45, 2.75) is 78.6 Å². The highest BCUT2D eigenvalue weighted by Crippen LogP contribution is 2.18. The van der Waals surface area contributed by atoms with Gasteiger partial charge in [-0.1, -0.05) is 51.3 Å². The molecule has 0 radical (unpaired) electrons. The smallest absolute Gasteiger partial charge is 0.306 e. The lowest BCUT2D eigenvalue weighted by molar-refractivity contribution is -0.144. The van der Waals surface area contributed by atoms with Crippen molar-refractivity contribution in [2.75, 3.05) is 6.61 Å². The molecule has 22 heavy (non-hydrogen) atoms. The Morgan fingerprint density at radius 2 is 1.82 bits per heavy atom. The summed E-state index contributed by atoms with van der Waals surface area (Å²) in [6, 6.07) is 0. The van der Waals surface area contributed by atoms with E-state index in [0.29, 0.717) is 24.9 Å². The molecule has 128 valence electrons. The van der Waals surface area contributed by atoms with Crippen LogP contribution in [0.15, 0.2) is 24.8 Å². The third-order valence-corrected chi connectivity index (χ3v) is 3.99. The highest BCUT2D eigenvalue weighted by atomic mass is 16.5. The fraction of sp³-hybridized carbons (Fsp3) is 0.750. The summed E-state index contributed by atoms with van der Waals surface area (Å²) in [6.45, 7) is 10.8. The molecule has 0 spiro atoms. The first-order valence-corrected chi connectivity index (χ1v) is 8.97. The van der Waals surface area contributed by atoms with Crippen LogP contribution in [0.5, 0.6) is 0 Å². The first kappa shape index (κ1) is 20.9. The van der Waals surface area contributed by atoms with Gasteiger partial charge in [-0.2, -0.15) is 0 Å². The van der Waals surface area contributed by atoms with Crippen molar-refractivity contribution in [3.63, 3.8) is 0 Å². The number of unbranched alkanes of at least 4 members (excludes halogenated alkanes) is 3.